The summed E-state index contributed by atoms with van der Waals surface area (Å²) in [5.74, 6) is -2.20. The Morgan fingerprint density at radius 3 is 0.738 bits per heavy atom. The summed E-state index contributed by atoms with van der Waals surface area (Å²) in [6, 6.07) is 5.73. The van der Waals surface area contributed by atoms with E-state index in [4.69, 9.17) is 0 Å². The van der Waals surface area contributed by atoms with Crippen LogP contribution in [0, 0.1) is 0 Å². The smallest absolute Gasteiger partial charge is 0.336 e. The maximum absolute atomic E-state index is 12.4. The van der Waals surface area contributed by atoms with Gasteiger partial charge in [0.25, 0.3) is 0 Å². The number of benzene rings is 2. The summed E-state index contributed by atoms with van der Waals surface area (Å²) < 4.78 is 0. The summed E-state index contributed by atoms with van der Waals surface area (Å²) in [6.45, 7) is 4.56. The Morgan fingerprint density at radius 2 is 0.538 bits per heavy atom. The molecule has 0 radical (unpaired) electrons. The number of unbranched alkanes of at least 4 members (excludes halogenated alkanes) is 38. The number of rotatable bonds is 46. The zero-order chi connectivity index (χ0) is 47.0. The van der Waals surface area contributed by atoms with Crippen LogP contribution in [0.25, 0.3) is 0 Å². The zero-order valence-electron chi connectivity index (χ0n) is 42.0. The Hall–Kier alpha value is -2.67. The van der Waals surface area contributed by atoms with Crippen LogP contribution in [0.1, 0.15) is 303 Å². The first kappa shape index (κ1) is 58.5. The SMILES string of the molecule is CCCCCCCCCCCCCCCCCCCCCCc1c(C(=O)O)ccc(O)c1Sc1c(O)ccc(C(=O)O)c1CCCCCCCCCCCCCCCCCCCCCC. The standard InChI is InChI=1S/C58H98O6S/c1-3-5-7-9-11-13-15-17-19-21-23-25-27-29-31-33-35-37-39-41-43-49-51(57(61)62)45-47-53(59)55(49)65-56-50(52(58(63)64)46-48-54(56)60)44-42-40-38-36-34-32-30-28-26-24-22-20-18-16-14-12-10-8-6-4-2/h45-48,59-60H,3-44H2,1-2H3,(H,61,62)(H,63,64). The van der Waals surface area contributed by atoms with Gasteiger partial charge in [0, 0.05) is 0 Å². The highest BCUT2D eigenvalue weighted by atomic mass is 32.2. The van der Waals surface area contributed by atoms with Crippen molar-refractivity contribution in [3.05, 3.63) is 46.5 Å². The molecule has 372 valence electrons. The highest BCUT2D eigenvalue weighted by Gasteiger charge is 2.24. The summed E-state index contributed by atoms with van der Waals surface area (Å²) >= 11 is 1.11. The minimum atomic E-state index is -1.05. The van der Waals surface area contributed by atoms with Crippen molar-refractivity contribution in [2.75, 3.05) is 0 Å². The fourth-order valence-electron chi connectivity index (χ4n) is 9.57. The van der Waals surface area contributed by atoms with Crippen LogP contribution in [0.15, 0.2) is 34.1 Å². The van der Waals surface area contributed by atoms with Crippen LogP contribution in [0.2, 0.25) is 0 Å². The van der Waals surface area contributed by atoms with Crippen molar-refractivity contribution >= 4 is 23.7 Å². The van der Waals surface area contributed by atoms with Gasteiger partial charge in [-0.1, -0.05) is 270 Å². The predicted molar refractivity (Wildman–Crippen MR) is 278 cm³/mol. The third kappa shape index (κ3) is 28.3. The average Bonchev–Trinajstić information content (AvgIpc) is 3.29. The van der Waals surface area contributed by atoms with Gasteiger partial charge in [-0.25, -0.2) is 9.59 Å². The van der Waals surface area contributed by atoms with Crippen molar-refractivity contribution in [2.45, 2.75) is 293 Å². The first-order valence-corrected chi connectivity index (χ1v) is 28.5. The maximum atomic E-state index is 12.4. The lowest BCUT2D eigenvalue weighted by Gasteiger charge is -2.18. The van der Waals surface area contributed by atoms with Crippen LogP contribution in [-0.2, 0) is 12.8 Å². The highest BCUT2D eigenvalue weighted by molar-refractivity contribution is 7.99. The first-order valence-electron chi connectivity index (χ1n) is 27.7. The van der Waals surface area contributed by atoms with Crippen LogP contribution in [0.4, 0.5) is 0 Å². The lowest BCUT2D eigenvalue weighted by atomic mass is 9.99. The molecule has 0 fully saturated rings. The van der Waals surface area contributed by atoms with Crippen molar-refractivity contribution in [3.63, 3.8) is 0 Å². The molecule has 6 nitrogen and oxygen atoms in total. The van der Waals surface area contributed by atoms with E-state index in [-0.39, 0.29) is 22.6 Å². The maximum Gasteiger partial charge on any atom is 0.336 e. The Balaban J connectivity index is 1.72. The van der Waals surface area contributed by atoms with Gasteiger partial charge in [-0.15, -0.1) is 0 Å². The summed E-state index contributed by atoms with van der Waals surface area (Å²) in [5.41, 5.74) is 1.39. The van der Waals surface area contributed by atoms with Gasteiger partial charge in [0.2, 0.25) is 0 Å². The van der Waals surface area contributed by atoms with E-state index >= 15 is 0 Å². The van der Waals surface area contributed by atoms with Crippen LogP contribution in [-0.4, -0.2) is 32.4 Å². The molecule has 0 amide bonds. The van der Waals surface area contributed by atoms with Gasteiger partial charge in [-0.05, 0) is 61.1 Å². The molecule has 0 atom stereocenters. The number of aromatic carboxylic acids is 2. The van der Waals surface area contributed by atoms with Gasteiger partial charge >= 0.3 is 11.9 Å². The second-order valence-electron chi connectivity index (χ2n) is 19.5. The van der Waals surface area contributed by atoms with Crippen molar-refractivity contribution < 1.29 is 30.0 Å². The molecule has 0 saturated heterocycles. The Labute approximate surface area is 403 Å². The van der Waals surface area contributed by atoms with E-state index < -0.39 is 11.9 Å². The summed E-state index contributed by atoms with van der Waals surface area (Å²) in [6.07, 6.45) is 52.7. The molecular weight excluding hydrogens is 825 g/mol. The third-order valence-corrected chi connectivity index (χ3v) is 15.0. The van der Waals surface area contributed by atoms with Crippen molar-refractivity contribution in [2.24, 2.45) is 0 Å². The topological polar surface area (TPSA) is 115 Å². The molecule has 0 aromatic heterocycles. The Bertz CT molecular complexity index is 1380. The molecule has 2 aromatic carbocycles. The van der Waals surface area contributed by atoms with Crippen molar-refractivity contribution in [3.8, 4) is 11.5 Å². The van der Waals surface area contributed by atoms with Crippen LogP contribution < -0.4 is 0 Å². The molecule has 65 heavy (non-hydrogen) atoms. The number of carbonyl (C=O) groups is 2. The number of hydrogen-bond donors (Lipinski definition) is 4. The number of carboxylic acids is 2. The molecule has 0 unspecified atom stereocenters. The molecule has 4 N–H and O–H groups in total. The van der Waals surface area contributed by atoms with E-state index in [1.54, 1.807) is 0 Å². The van der Waals surface area contributed by atoms with E-state index in [0.29, 0.717) is 33.8 Å². The summed E-state index contributed by atoms with van der Waals surface area (Å²) in [7, 11) is 0. The van der Waals surface area contributed by atoms with E-state index in [0.717, 1.165) is 50.3 Å². The van der Waals surface area contributed by atoms with E-state index in [1.807, 2.05) is 0 Å². The lowest BCUT2D eigenvalue weighted by molar-refractivity contribution is 0.0684. The fourth-order valence-corrected chi connectivity index (χ4v) is 10.8. The second kappa shape index (κ2) is 40.4. The molecule has 2 aromatic rings. The van der Waals surface area contributed by atoms with E-state index in [2.05, 4.69) is 13.8 Å². The normalized spacial score (nSPS) is 11.5. The molecule has 0 aliphatic heterocycles. The minimum absolute atomic E-state index is 0.0481. The quantitative estimate of drug-likeness (QED) is 0.0489. The number of carboxylic acid groups (broad SMARTS) is 2. The fraction of sp³-hybridized carbons (Fsp3) is 0.759. The Morgan fingerprint density at radius 1 is 0.338 bits per heavy atom. The third-order valence-electron chi connectivity index (χ3n) is 13.7. The predicted octanol–water partition coefficient (Wildman–Crippen LogP) is 19.4. The molecule has 7 heteroatoms. The molecule has 0 saturated carbocycles. The molecule has 0 spiro atoms. The monoisotopic (exact) mass is 923 g/mol. The molecule has 0 aliphatic carbocycles. The van der Waals surface area contributed by atoms with E-state index in [1.165, 1.54) is 243 Å². The van der Waals surface area contributed by atoms with Gasteiger partial charge < -0.3 is 20.4 Å². The number of phenolic OH excluding ortho intramolecular Hbond substituents is 2. The lowest BCUT2D eigenvalue weighted by Crippen LogP contribution is -2.06. The molecule has 2 rings (SSSR count). The first-order chi connectivity index (χ1) is 31.8. The van der Waals surface area contributed by atoms with Crippen LogP contribution in [0.3, 0.4) is 0 Å². The zero-order valence-corrected chi connectivity index (χ0v) is 42.8. The van der Waals surface area contributed by atoms with Gasteiger partial charge in [-0.2, -0.15) is 0 Å². The Kier molecular flexibility index (Phi) is 36.3. The number of aromatic hydroxyl groups is 2. The second-order valence-corrected chi connectivity index (χ2v) is 20.5. The van der Waals surface area contributed by atoms with Gasteiger partial charge in [0.15, 0.2) is 0 Å². The minimum Gasteiger partial charge on any atom is -0.507 e. The molecule has 0 aliphatic rings. The van der Waals surface area contributed by atoms with Crippen molar-refractivity contribution in [1.29, 1.82) is 0 Å². The van der Waals surface area contributed by atoms with Gasteiger partial charge in [0.1, 0.15) is 11.5 Å². The molecule has 0 bridgehead atoms. The van der Waals surface area contributed by atoms with Crippen molar-refractivity contribution in [1.82, 2.24) is 0 Å². The summed E-state index contributed by atoms with van der Waals surface area (Å²) in [5, 5.41) is 42.6. The highest BCUT2D eigenvalue weighted by Crippen LogP contribution is 2.45. The molecular formula is C58H98O6S. The number of hydrogen-bond acceptors (Lipinski definition) is 5. The average molecular weight is 923 g/mol. The largest absolute Gasteiger partial charge is 0.507 e. The van der Waals surface area contributed by atoms with E-state index in [9.17, 15) is 30.0 Å². The summed E-state index contributed by atoms with van der Waals surface area (Å²) in [4.78, 5) is 25.6. The van der Waals surface area contributed by atoms with Gasteiger partial charge in [0.05, 0.1) is 20.9 Å². The number of phenols is 2. The van der Waals surface area contributed by atoms with Crippen LogP contribution >= 0.6 is 11.8 Å². The van der Waals surface area contributed by atoms with Crippen LogP contribution in [0.5, 0.6) is 11.5 Å². The molecule has 0 heterocycles. The van der Waals surface area contributed by atoms with Gasteiger partial charge in [-0.3, -0.25) is 0 Å².